The number of carbonyl (C=O) groups excluding carboxylic acids is 3. The van der Waals surface area contributed by atoms with Gasteiger partial charge in [-0.15, -0.1) is 0 Å². The van der Waals surface area contributed by atoms with E-state index in [2.05, 4.69) is 0 Å². The van der Waals surface area contributed by atoms with Crippen molar-refractivity contribution in [3.8, 4) is 11.3 Å². The maximum absolute atomic E-state index is 12.9. The monoisotopic (exact) mass is 489 g/mol. The fraction of sp³-hybridized carbons (Fsp3) is 0.160. The molecule has 2 aliphatic rings. The Kier molecular flexibility index (Phi) is 5.96. The molecule has 1 fully saturated rings. The maximum Gasteiger partial charge on any atom is 0.294 e. The van der Waals surface area contributed by atoms with Crippen LogP contribution in [0.1, 0.15) is 16.9 Å². The molecule has 176 valence electrons. The van der Waals surface area contributed by atoms with Gasteiger partial charge in [-0.05, 0) is 53.6 Å². The van der Waals surface area contributed by atoms with Gasteiger partial charge >= 0.3 is 0 Å². The number of fused-ring (bicyclic) bond motifs is 1. The summed E-state index contributed by atoms with van der Waals surface area (Å²) in [4.78, 5) is 51.3. The second-order valence-corrected chi connectivity index (χ2v) is 9.10. The predicted octanol–water partition coefficient (Wildman–Crippen LogP) is 4.48. The van der Waals surface area contributed by atoms with Crippen LogP contribution in [0.15, 0.2) is 70.0 Å². The highest BCUT2D eigenvalue weighted by molar-refractivity contribution is 8.18. The van der Waals surface area contributed by atoms with E-state index in [1.165, 1.54) is 23.8 Å². The Labute approximate surface area is 204 Å². The minimum Gasteiger partial charge on any atom is -0.457 e. The molecule has 3 heterocycles. The number of amides is 3. The summed E-state index contributed by atoms with van der Waals surface area (Å²) in [5, 5.41) is 10.3. The van der Waals surface area contributed by atoms with E-state index in [0.29, 0.717) is 30.2 Å². The summed E-state index contributed by atoms with van der Waals surface area (Å²) >= 11 is 0.757. The molecule has 0 unspecified atom stereocenters. The third-order valence-corrected chi connectivity index (χ3v) is 6.82. The molecule has 5 rings (SSSR count). The highest BCUT2D eigenvalue weighted by Gasteiger charge is 2.37. The lowest BCUT2D eigenvalue weighted by Gasteiger charge is -2.29. The number of nitrogens with zero attached hydrogens (tertiary/aromatic N) is 3. The first kappa shape index (κ1) is 22.6. The number of hydrogen-bond donors (Lipinski definition) is 0. The molecule has 35 heavy (non-hydrogen) atoms. The van der Waals surface area contributed by atoms with Gasteiger partial charge in [0.2, 0.25) is 5.91 Å². The van der Waals surface area contributed by atoms with Gasteiger partial charge in [-0.2, -0.15) is 0 Å². The van der Waals surface area contributed by atoms with Gasteiger partial charge in [0, 0.05) is 36.9 Å². The van der Waals surface area contributed by atoms with Crippen molar-refractivity contribution in [3.05, 3.63) is 92.6 Å². The highest BCUT2D eigenvalue weighted by atomic mass is 32.2. The Hall–Kier alpha value is -4.18. The predicted molar refractivity (Wildman–Crippen MR) is 129 cm³/mol. The van der Waals surface area contributed by atoms with Gasteiger partial charge in [-0.25, -0.2) is 0 Å². The van der Waals surface area contributed by atoms with Gasteiger partial charge in [-0.3, -0.25) is 29.4 Å². The van der Waals surface area contributed by atoms with Crippen LogP contribution in [-0.4, -0.2) is 44.9 Å². The van der Waals surface area contributed by atoms with Crippen LogP contribution in [0, 0.1) is 10.1 Å². The average molecular weight is 490 g/mol. The highest BCUT2D eigenvalue weighted by Crippen LogP contribution is 2.34. The minimum absolute atomic E-state index is 0.0301. The average Bonchev–Trinajstić information content (AvgIpc) is 3.44. The van der Waals surface area contributed by atoms with Crippen molar-refractivity contribution < 1.29 is 23.7 Å². The number of nitro benzene ring substituents is 1. The van der Waals surface area contributed by atoms with E-state index in [1.807, 2.05) is 24.3 Å². The lowest BCUT2D eigenvalue weighted by atomic mass is 10.00. The lowest BCUT2D eigenvalue weighted by Crippen LogP contribution is -2.44. The molecule has 10 heteroatoms. The van der Waals surface area contributed by atoms with Crippen LogP contribution in [0.4, 0.5) is 10.5 Å². The number of thioether (sulfide) groups is 1. The van der Waals surface area contributed by atoms with E-state index in [0.717, 1.165) is 28.6 Å². The molecule has 0 atom stereocenters. The first-order valence-electron chi connectivity index (χ1n) is 10.8. The molecular formula is C25H19N3O6S. The topological polar surface area (TPSA) is 114 Å². The van der Waals surface area contributed by atoms with Crippen molar-refractivity contribution in [1.29, 1.82) is 0 Å². The first-order valence-corrected chi connectivity index (χ1v) is 11.7. The van der Waals surface area contributed by atoms with Crippen LogP contribution >= 0.6 is 11.8 Å². The van der Waals surface area contributed by atoms with Gasteiger partial charge in [0.05, 0.1) is 9.83 Å². The number of rotatable bonds is 5. The van der Waals surface area contributed by atoms with E-state index in [4.69, 9.17) is 4.42 Å². The smallest absolute Gasteiger partial charge is 0.294 e. The Balaban J connectivity index is 1.26. The molecule has 0 aliphatic carbocycles. The maximum atomic E-state index is 12.9. The van der Waals surface area contributed by atoms with Crippen molar-refractivity contribution in [2.24, 2.45) is 0 Å². The summed E-state index contributed by atoms with van der Waals surface area (Å²) in [5.41, 5.74) is 2.88. The summed E-state index contributed by atoms with van der Waals surface area (Å²) < 4.78 is 5.74. The molecule has 9 nitrogen and oxygen atoms in total. The molecule has 2 aliphatic heterocycles. The second-order valence-electron chi connectivity index (χ2n) is 8.11. The fourth-order valence-corrected chi connectivity index (χ4v) is 4.86. The SMILES string of the molecule is O=C(CN1C(=O)S/C(=C/c2ccc(-c3ccc([N+](=O)[O-])cc3)o2)C1=O)N1CCc2ccccc2C1. The number of nitro groups is 1. The standard InChI is InChI=1S/C25H19N3O6S/c29-23(26-12-11-16-3-1-2-4-18(16)14-26)15-27-24(30)22(35-25(27)31)13-20-9-10-21(34-20)17-5-7-19(8-6-17)28(32)33/h1-10,13H,11-12,14-15H2/b22-13+. The molecule has 0 N–H and O–H groups in total. The summed E-state index contributed by atoms with van der Waals surface area (Å²) in [6, 6.07) is 17.1. The lowest BCUT2D eigenvalue weighted by molar-refractivity contribution is -0.384. The van der Waals surface area contributed by atoms with E-state index in [1.54, 1.807) is 29.2 Å². The molecule has 0 bridgehead atoms. The van der Waals surface area contributed by atoms with Gasteiger partial charge in [0.1, 0.15) is 18.1 Å². The normalized spacial score (nSPS) is 16.6. The van der Waals surface area contributed by atoms with E-state index in [9.17, 15) is 24.5 Å². The Morgan fingerprint density at radius 3 is 2.54 bits per heavy atom. The molecule has 0 spiro atoms. The number of benzene rings is 2. The third kappa shape index (κ3) is 4.60. The number of imide groups is 1. The van der Waals surface area contributed by atoms with Crippen LogP contribution in [0.2, 0.25) is 0 Å². The largest absolute Gasteiger partial charge is 0.457 e. The first-order chi connectivity index (χ1) is 16.9. The van der Waals surface area contributed by atoms with E-state index >= 15 is 0 Å². The third-order valence-electron chi connectivity index (χ3n) is 5.91. The summed E-state index contributed by atoms with van der Waals surface area (Å²) in [6.45, 7) is 0.689. The van der Waals surface area contributed by atoms with E-state index in [-0.39, 0.29) is 23.0 Å². The zero-order chi connectivity index (χ0) is 24.5. The zero-order valence-corrected chi connectivity index (χ0v) is 19.2. The number of hydrogen-bond acceptors (Lipinski definition) is 7. The molecule has 0 saturated carbocycles. The van der Waals surface area contributed by atoms with Crippen LogP contribution in [-0.2, 0) is 22.6 Å². The molecule has 2 aromatic carbocycles. The quantitative estimate of drug-likeness (QED) is 0.295. The molecule has 3 aromatic rings. The minimum atomic E-state index is -0.543. The van der Waals surface area contributed by atoms with Gasteiger partial charge in [0.25, 0.3) is 16.8 Å². The van der Waals surface area contributed by atoms with Crippen LogP contribution < -0.4 is 0 Å². The molecular weight excluding hydrogens is 470 g/mol. The van der Waals surface area contributed by atoms with Gasteiger partial charge < -0.3 is 9.32 Å². The summed E-state index contributed by atoms with van der Waals surface area (Å²) in [6.07, 6.45) is 2.20. The second kappa shape index (κ2) is 9.22. The van der Waals surface area contributed by atoms with Crippen molar-refractivity contribution in [1.82, 2.24) is 9.80 Å². The summed E-state index contributed by atoms with van der Waals surface area (Å²) in [7, 11) is 0. The fourth-order valence-electron chi connectivity index (χ4n) is 4.04. The molecule has 0 radical (unpaired) electrons. The van der Waals surface area contributed by atoms with Gasteiger partial charge in [0.15, 0.2) is 0 Å². The zero-order valence-electron chi connectivity index (χ0n) is 18.4. The number of non-ortho nitro benzene ring substituents is 1. The van der Waals surface area contributed by atoms with Crippen molar-refractivity contribution >= 4 is 40.6 Å². The van der Waals surface area contributed by atoms with Crippen molar-refractivity contribution in [2.45, 2.75) is 13.0 Å². The number of carbonyl (C=O) groups is 3. The van der Waals surface area contributed by atoms with E-state index < -0.39 is 16.1 Å². The Morgan fingerprint density at radius 1 is 1.06 bits per heavy atom. The number of furan rings is 1. The Bertz CT molecular complexity index is 1380. The van der Waals surface area contributed by atoms with Crippen LogP contribution in [0.25, 0.3) is 17.4 Å². The Morgan fingerprint density at radius 2 is 1.80 bits per heavy atom. The van der Waals surface area contributed by atoms with Crippen LogP contribution in [0.5, 0.6) is 0 Å². The van der Waals surface area contributed by atoms with Crippen molar-refractivity contribution in [3.63, 3.8) is 0 Å². The molecule has 3 amide bonds. The van der Waals surface area contributed by atoms with Gasteiger partial charge in [-0.1, -0.05) is 24.3 Å². The van der Waals surface area contributed by atoms with Crippen LogP contribution in [0.3, 0.4) is 0 Å². The summed E-state index contributed by atoms with van der Waals surface area (Å²) in [5.74, 6) is -0.00527. The molecule has 1 aromatic heterocycles. The molecule has 1 saturated heterocycles. The van der Waals surface area contributed by atoms with Crippen molar-refractivity contribution in [2.75, 3.05) is 13.1 Å².